The molecule has 0 unspecified atom stereocenters. The molecule has 0 bridgehead atoms. The lowest BCUT2D eigenvalue weighted by molar-refractivity contribution is 0.417. The van der Waals surface area contributed by atoms with Crippen LogP contribution in [0.2, 0.25) is 15.1 Å². The molecule has 122 valence electrons. The Morgan fingerprint density at radius 1 is 0.625 bits per heavy atom. The van der Waals surface area contributed by atoms with Crippen molar-refractivity contribution in [3.8, 4) is 28.7 Å². The van der Waals surface area contributed by atoms with Gasteiger partial charge in [0, 0.05) is 16.1 Å². The third kappa shape index (κ3) is 4.06. The number of benzene rings is 3. The number of phenolic OH excluding ortho intramolecular Hbond substituents is 1. The van der Waals surface area contributed by atoms with Gasteiger partial charge in [-0.2, -0.15) is 0 Å². The minimum Gasteiger partial charge on any atom is -0.508 e. The van der Waals surface area contributed by atoms with E-state index in [-0.39, 0.29) is 5.75 Å². The van der Waals surface area contributed by atoms with Crippen LogP contribution in [0.1, 0.15) is 0 Å². The highest BCUT2D eigenvalue weighted by molar-refractivity contribution is 6.35. The van der Waals surface area contributed by atoms with Crippen molar-refractivity contribution in [1.29, 1.82) is 0 Å². The molecule has 0 fully saturated rings. The van der Waals surface area contributed by atoms with Crippen molar-refractivity contribution in [1.82, 2.24) is 0 Å². The Hall–Kier alpha value is -2.07. The second-order valence-corrected chi connectivity index (χ2v) is 6.14. The molecule has 3 nitrogen and oxygen atoms in total. The standard InChI is InChI=1S/C18H11Cl3O3/c19-11-1-7-16(15(21)9-11)24-17-8-2-12(20)10-18(17)23-14-5-3-13(22)4-6-14/h1-10,22H. The third-order valence-electron chi connectivity index (χ3n) is 3.08. The van der Waals surface area contributed by atoms with Gasteiger partial charge in [0.05, 0.1) is 5.02 Å². The van der Waals surface area contributed by atoms with Gasteiger partial charge in [-0.25, -0.2) is 0 Å². The fraction of sp³-hybridized carbons (Fsp3) is 0. The monoisotopic (exact) mass is 380 g/mol. The van der Waals surface area contributed by atoms with Gasteiger partial charge in [0.1, 0.15) is 17.2 Å². The van der Waals surface area contributed by atoms with Crippen LogP contribution in [0.25, 0.3) is 0 Å². The van der Waals surface area contributed by atoms with Crippen molar-refractivity contribution in [3.05, 3.63) is 75.7 Å². The fourth-order valence-corrected chi connectivity index (χ4v) is 2.57. The minimum atomic E-state index is 0.151. The molecule has 0 amide bonds. The molecular formula is C18H11Cl3O3. The number of phenols is 1. The molecule has 0 saturated heterocycles. The van der Waals surface area contributed by atoms with E-state index in [1.165, 1.54) is 12.1 Å². The first-order valence-corrected chi connectivity index (χ1v) is 8.04. The van der Waals surface area contributed by atoms with Crippen LogP contribution < -0.4 is 9.47 Å². The van der Waals surface area contributed by atoms with E-state index in [1.54, 1.807) is 48.5 Å². The predicted molar refractivity (Wildman–Crippen MR) is 96.2 cm³/mol. The van der Waals surface area contributed by atoms with E-state index in [2.05, 4.69) is 0 Å². The highest BCUT2D eigenvalue weighted by Gasteiger charge is 2.11. The summed E-state index contributed by atoms with van der Waals surface area (Å²) in [6.07, 6.45) is 0. The van der Waals surface area contributed by atoms with Gasteiger partial charge in [0.15, 0.2) is 11.5 Å². The van der Waals surface area contributed by atoms with Gasteiger partial charge < -0.3 is 14.6 Å². The van der Waals surface area contributed by atoms with Crippen molar-refractivity contribution in [2.24, 2.45) is 0 Å². The largest absolute Gasteiger partial charge is 0.508 e. The molecule has 0 aromatic heterocycles. The molecule has 6 heteroatoms. The van der Waals surface area contributed by atoms with Crippen LogP contribution in [0.3, 0.4) is 0 Å². The molecule has 3 aromatic rings. The second-order valence-electron chi connectivity index (χ2n) is 4.86. The smallest absolute Gasteiger partial charge is 0.171 e. The molecule has 24 heavy (non-hydrogen) atoms. The molecule has 0 saturated carbocycles. The lowest BCUT2D eigenvalue weighted by Gasteiger charge is -2.13. The van der Waals surface area contributed by atoms with E-state index in [1.807, 2.05) is 0 Å². The Kier molecular flexibility index (Phi) is 5.05. The fourth-order valence-electron chi connectivity index (χ4n) is 1.96. The maximum absolute atomic E-state index is 9.34. The second kappa shape index (κ2) is 7.22. The average molecular weight is 382 g/mol. The molecule has 1 N–H and O–H groups in total. The number of hydrogen-bond donors (Lipinski definition) is 1. The lowest BCUT2D eigenvalue weighted by Crippen LogP contribution is -1.91. The molecule has 0 atom stereocenters. The summed E-state index contributed by atoms with van der Waals surface area (Å²) in [5.41, 5.74) is 0. The van der Waals surface area contributed by atoms with Crippen molar-refractivity contribution >= 4 is 34.8 Å². The molecule has 3 aromatic carbocycles. The zero-order chi connectivity index (χ0) is 17.1. The third-order valence-corrected chi connectivity index (χ3v) is 3.85. The summed E-state index contributed by atoms with van der Waals surface area (Å²) in [6, 6.07) is 16.3. The van der Waals surface area contributed by atoms with Crippen molar-refractivity contribution in [2.45, 2.75) is 0 Å². The summed E-state index contributed by atoms with van der Waals surface area (Å²) in [7, 11) is 0. The summed E-state index contributed by atoms with van der Waals surface area (Å²) in [4.78, 5) is 0. The molecule has 0 aliphatic heterocycles. The zero-order valence-corrected chi connectivity index (χ0v) is 14.4. The normalized spacial score (nSPS) is 10.5. The van der Waals surface area contributed by atoms with Crippen molar-refractivity contribution in [3.63, 3.8) is 0 Å². The van der Waals surface area contributed by atoms with Crippen LogP contribution >= 0.6 is 34.8 Å². The van der Waals surface area contributed by atoms with Crippen molar-refractivity contribution < 1.29 is 14.6 Å². The van der Waals surface area contributed by atoms with Gasteiger partial charge in [0.25, 0.3) is 0 Å². The maximum atomic E-state index is 9.34. The van der Waals surface area contributed by atoms with Crippen LogP contribution in [0.5, 0.6) is 28.7 Å². The summed E-state index contributed by atoms with van der Waals surface area (Å²) >= 11 is 18.1. The molecule has 0 heterocycles. The van der Waals surface area contributed by atoms with E-state index < -0.39 is 0 Å². The highest BCUT2D eigenvalue weighted by atomic mass is 35.5. The molecule has 0 radical (unpaired) electrons. The molecule has 0 spiro atoms. The summed E-state index contributed by atoms with van der Waals surface area (Å²) in [5.74, 6) is 1.98. The first-order valence-electron chi connectivity index (χ1n) is 6.90. The first kappa shape index (κ1) is 16.8. The number of rotatable bonds is 4. The molecular weight excluding hydrogens is 371 g/mol. The van der Waals surface area contributed by atoms with Gasteiger partial charge in [-0.3, -0.25) is 0 Å². The lowest BCUT2D eigenvalue weighted by atomic mass is 10.3. The van der Waals surface area contributed by atoms with Crippen molar-refractivity contribution in [2.75, 3.05) is 0 Å². The van der Waals surface area contributed by atoms with Crippen LogP contribution in [-0.4, -0.2) is 5.11 Å². The Labute approximate surface area is 153 Å². The Balaban J connectivity index is 1.91. The molecule has 3 rings (SSSR count). The van der Waals surface area contributed by atoms with Crippen LogP contribution in [0.4, 0.5) is 0 Å². The highest BCUT2D eigenvalue weighted by Crippen LogP contribution is 2.39. The van der Waals surface area contributed by atoms with E-state index in [0.29, 0.717) is 38.1 Å². The Morgan fingerprint density at radius 2 is 1.25 bits per heavy atom. The summed E-state index contributed by atoms with van der Waals surface area (Å²) < 4.78 is 11.6. The van der Waals surface area contributed by atoms with E-state index in [0.717, 1.165) is 0 Å². The number of ether oxygens (including phenoxy) is 2. The van der Waals surface area contributed by atoms with E-state index in [4.69, 9.17) is 44.3 Å². The Bertz CT molecular complexity index is 864. The number of halogens is 3. The van der Waals surface area contributed by atoms with E-state index in [9.17, 15) is 5.11 Å². The Morgan fingerprint density at radius 3 is 1.92 bits per heavy atom. The van der Waals surface area contributed by atoms with Gasteiger partial charge in [-0.05, 0) is 54.6 Å². The maximum Gasteiger partial charge on any atom is 0.171 e. The average Bonchev–Trinajstić information content (AvgIpc) is 2.54. The van der Waals surface area contributed by atoms with Gasteiger partial charge in [0.2, 0.25) is 0 Å². The predicted octanol–water partition coefficient (Wildman–Crippen LogP) is 6.94. The van der Waals surface area contributed by atoms with Gasteiger partial charge in [-0.15, -0.1) is 0 Å². The minimum absolute atomic E-state index is 0.151. The zero-order valence-electron chi connectivity index (χ0n) is 12.2. The van der Waals surface area contributed by atoms with Crippen LogP contribution in [0.15, 0.2) is 60.7 Å². The summed E-state index contributed by atoms with van der Waals surface area (Å²) in [6.45, 7) is 0. The molecule has 0 aliphatic carbocycles. The SMILES string of the molecule is Oc1ccc(Oc2cc(Cl)ccc2Oc2ccc(Cl)cc2Cl)cc1. The molecule has 0 aliphatic rings. The van der Waals surface area contributed by atoms with Gasteiger partial charge >= 0.3 is 0 Å². The van der Waals surface area contributed by atoms with Crippen LogP contribution in [-0.2, 0) is 0 Å². The number of hydrogen-bond acceptors (Lipinski definition) is 3. The summed E-state index contributed by atoms with van der Waals surface area (Å²) in [5, 5.41) is 10.7. The number of aromatic hydroxyl groups is 1. The van der Waals surface area contributed by atoms with Crippen LogP contribution in [0, 0.1) is 0 Å². The van der Waals surface area contributed by atoms with E-state index >= 15 is 0 Å². The first-order chi connectivity index (χ1) is 11.5. The topological polar surface area (TPSA) is 38.7 Å². The quantitative estimate of drug-likeness (QED) is 0.532. The van der Waals surface area contributed by atoms with Gasteiger partial charge in [-0.1, -0.05) is 34.8 Å².